The zero-order chi connectivity index (χ0) is 19.9. The van der Waals surface area contributed by atoms with Crippen molar-refractivity contribution in [3.05, 3.63) is 48.5 Å². The van der Waals surface area contributed by atoms with Gasteiger partial charge in [-0.05, 0) is 30.3 Å². The molecule has 1 atom stereocenters. The minimum atomic E-state index is -3.31. The second-order valence-electron chi connectivity index (χ2n) is 6.65. The first-order valence-electron chi connectivity index (χ1n) is 8.58. The summed E-state index contributed by atoms with van der Waals surface area (Å²) in [5, 5.41) is 3.15. The molecule has 0 saturated carbocycles. The lowest BCUT2D eigenvalue weighted by Gasteiger charge is -2.16. The highest BCUT2D eigenvalue weighted by Crippen LogP contribution is 2.30. The van der Waals surface area contributed by atoms with Gasteiger partial charge in [0.1, 0.15) is 0 Å². The average Bonchev–Trinajstić information content (AvgIpc) is 3.23. The summed E-state index contributed by atoms with van der Waals surface area (Å²) in [7, 11) is -3.31. The number of carbonyl (C=O) groups excluding carboxylic acids is 2. The molecule has 7 nitrogen and oxygen atoms in total. The molecule has 1 aliphatic heterocycles. The van der Waals surface area contributed by atoms with Crippen molar-refractivity contribution in [3.63, 3.8) is 0 Å². The van der Waals surface area contributed by atoms with Gasteiger partial charge < -0.3 is 10.2 Å². The molecule has 2 aromatic carbocycles. The number of anilines is 2. The van der Waals surface area contributed by atoms with E-state index in [4.69, 9.17) is 0 Å². The minimum Gasteiger partial charge on any atom is -0.312 e. The maximum absolute atomic E-state index is 12.6. The molecule has 1 aromatic heterocycles. The van der Waals surface area contributed by atoms with Crippen molar-refractivity contribution in [2.75, 3.05) is 23.0 Å². The van der Waals surface area contributed by atoms with Gasteiger partial charge in [-0.25, -0.2) is 13.4 Å². The normalized spacial score (nSPS) is 17.2. The Bertz CT molecular complexity index is 1170. The molecule has 0 aliphatic carbocycles. The Balaban J connectivity index is 1.50. The van der Waals surface area contributed by atoms with Crippen LogP contribution in [-0.2, 0) is 19.4 Å². The second-order valence-corrected chi connectivity index (χ2v) is 9.70. The van der Waals surface area contributed by atoms with Crippen LogP contribution in [0.15, 0.2) is 53.4 Å². The maximum atomic E-state index is 12.6. The van der Waals surface area contributed by atoms with Crippen LogP contribution < -0.4 is 10.2 Å². The number of nitrogens with zero attached hydrogens (tertiary/aromatic N) is 2. The maximum Gasteiger partial charge on any atom is 0.231 e. The van der Waals surface area contributed by atoms with Gasteiger partial charge in [0.2, 0.25) is 11.8 Å². The van der Waals surface area contributed by atoms with E-state index in [2.05, 4.69) is 10.3 Å². The number of para-hydroxylation sites is 1. The van der Waals surface area contributed by atoms with Gasteiger partial charge in [0, 0.05) is 24.9 Å². The molecule has 1 fully saturated rings. The number of hydrogen-bond acceptors (Lipinski definition) is 6. The standard InChI is InChI=1S/C19H17N3O4S2/c1-28(25,26)14-7-8-15-16(10-14)27-19(20-15)21-18(24)12-9-17(23)22(11-12)13-5-3-2-4-6-13/h2-8,10,12H,9,11H2,1H3,(H,20,21,24)/t12-/m0/s1. The van der Waals surface area contributed by atoms with E-state index in [-0.39, 0.29) is 23.1 Å². The molecule has 0 unspecified atom stereocenters. The molecule has 1 aliphatic rings. The Labute approximate surface area is 165 Å². The van der Waals surface area contributed by atoms with Gasteiger partial charge in [-0.3, -0.25) is 9.59 Å². The van der Waals surface area contributed by atoms with Crippen molar-refractivity contribution in [1.29, 1.82) is 0 Å². The third-order valence-electron chi connectivity index (χ3n) is 4.58. The van der Waals surface area contributed by atoms with E-state index < -0.39 is 15.8 Å². The first-order chi connectivity index (χ1) is 13.3. The molecule has 28 heavy (non-hydrogen) atoms. The Morgan fingerprint density at radius 3 is 2.68 bits per heavy atom. The molecule has 1 N–H and O–H groups in total. The number of carbonyl (C=O) groups is 2. The molecule has 0 spiro atoms. The third kappa shape index (κ3) is 3.63. The van der Waals surface area contributed by atoms with Crippen LogP contribution in [0.1, 0.15) is 6.42 Å². The van der Waals surface area contributed by atoms with Crippen LogP contribution in [0.25, 0.3) is 10.2 Å². The predicted molar refractivity (Wildman–Crippen MR) is 108 cm³/mol. The summed E-state index contributed by atoms with van der Waals surface area (Å²) in [5.74, 6) is -0.825. The smallest absolute Gasteiger partial charge is 0.231 e. The zero-order valence-corrected chi connectivity index (χ0v) is 16.6. The molecule has 9 heteroatoms. The largest absolute Gasteiger partial charge is 0.312 e. The van der Waals surface area contributed by atoms with E-state index in [9.17, 15) is 18.0 Å². The fourth-order valence-corrected chi connectivity index (χ4v) is 4.77. The molecule has 2 heterocycles. The summed E-state index contributed by atoms with van der Waals surface area (Å²) in [6.07, 6.45) is 1.29. The molecule has 0 radical (unpaired) electrons. The molecule has 2 amide bonds. The lowest BCUT2D eigenvalue weighted by atomic mass is 10.1. The van der Waals surface area contributed by atoms with Crippen molar-refractivity contribution >= 4 is 54.0 Å². The topological polar surface area (TPSA) is 96.4 Å². The second kappa shape index (κ2) is 6.99. The van der Waals surface area contributed by atoms with Gasteiger partial charge >= 0.3 is 0 Å². The highest BCUT2D eigenvalue weighted by Gasteiger charge is 2.35. The molecule has 4 rings (SSSR count). The van der Waals surface area contributed by atoms with Crippen LogP contribution in [0.5, 0.6) is 0 Å². The van der Waals surface area contributed by atoms with Crippen molar-refractivity contribution < 1.29 is 18.0 Å². The fourth-order valence-electron chi connectivity index (χ4n) is 3.14. The first kappa shape index (κ1) is 18.6. The SMILES string of the molecule is CS(=O)(=O)c1ccc2nc(NC(=O)[C@H]3CC(=O)N(c4ccccc4)C3)sc2c1. The zero-order valence-electron chi connectivity index (χ0n) is 15.0. The van der Waals surface area contributed by atoms with E-state index in [1.54, 1.807) is 17.0 Å². The molecular formula is C19H17N3O4S2. The van der Waals surface area contributed by atoms with Gasteiger partial charge in [0.25, 0.3) is 0 Å². The summed E-state index contributed by atoms with van der Waals surface area (Å²) in [6, 6.07) is 13.9. The van der Waals surface area contributed by atoms with Crippen LogP contribution in [0.2, 0.25) is 0 Å². The Morgan fingerprint density at radius 1 is 1.21 bits per heavy atom. The van der Waals surface area contributed by atoms with Crippen molar-refractivity contribution in [1.82, 2.24) is 4.98 Å². The number of thiazole rings is 1. The van der Waals surface area contributed by atoms with Gasteiger partial charge in [-0.2, -0.15) is 0 Å². The third-order valence-corrected chi connectivity index (χ3v) is 6.63. The number of amides is 2. The minimum absolute atomic E-state index is 0.0894. The summed E-state index contributed by atoms with van der Waals surface area (Å²) >= 11 is 1.21. The summed E-state index contributed by atoms with van der Waals surface area (Å²) in [4.78, 5) is 31.1. The monoisotopic (exact) mass is 415 g/mol. The van der Waals surface area contributed by atoms with Gasteiger partial charge in [0.05, 0.1) is 21.0 Å². The number of nitrogens with one attached hydrogen (secondary N) is 1. The fraction of sp³-hybridized carbons (Fsp3) is 0.211. The van der Waals surface area contributed by atoms with Crippen LogP contribution in [0.4, 0.5) is 10.8 Å². The number of aromatic nitrogens is 1. The molecule has 144 valence electrons. The number of rotatable bonds is 4. The van der Waals surface area contributed by atoms with Gasteiger partial charge in [-0.15, -0.1) is 0 Å². The summed E-state index contributed by atoms with van der Waals surface area (Å²) in [5.41, 5.74) is 1.39. The van der Waals surface area contributed by atoms with Gasteiger partial charge in [-0.1, -0.05) is 29.5 Å². The van der Waals surface area contributed by atoms with Crippen LogP contribution in [0, 0.1) is 5.92 Å². The lowest BCUT2D eigenvalue weighted by Crippen LogP contribution is -2.28. The Kier molecular flexibility index (Phi) is 4.64. The van der Waals surface area contributed by atoms with Crippen molar-refractivity contribution in [2.45, 2.75) is 11.3 Å². The van der Waals surface area contributed by atoms with Crippen LogP contribution >= 0.6 is 11.3 Å². The molecular weight excluding hydrogens is 398 g/mol. The van der Waals surface area contributed by atoms with Crippen molar-refractivity contribution in [2.24, 2.45) is 5.92 Å². The number of hydrogen-bond donors (Lipinski definition) is 1. The quantitative estimate of drug-likeness (QED) is 0.707. The van der Waals surface area contributed by atoms with Crippen LogP contribution in [-0.4, -0.2) is 38.0 Å². The Morgan fingerprint density at radius 2 is 1.96 bits per heavy atom. The Hall–Kier alpha value is -2.78. The predicted octanol–water partition coefficient (Wildman–Crippen LogP) is 2.69. The first-order valence-corrected chi connectivity index (χ1v) is 11.3. The molecule has 0 bridgehead atoms. The number of sulfone groups is 1. The summed E-state index contributed by atoms with van der Waals surface area (Å²) in [6.45, 7) is 0.317. The van der Waals surface area contributed by atoms with Crippen LogP contribution in [0.3, 0.4) is 0 Å². The average molecular weight is 415 g/mol. The van der Waals surface area contributed by atoms with E-state index in [0.29, 0.717) is 21.9 Å². The number of fused-ring (bicyclic) bond motifs is 1. The molecule has 1 saturated heterocycles. The van der Waals surface area contributed by atoms with Gasteiger partial charge in [0.15, 0.2) is 15.0 Å². The number of benzene rings is 2. The van der Waals surface area contributed by atoms with E-state index in [0.717, 1.165) is 11.9 Å². The summed E-state index contributed by atoms with van der Waals surface area (Å²) < 4.78 is 24.1. The molecule has 3 aromatic rings. The van der Waals surface area contributed by atoms with E-state index >= 15 is 0 Å². The van der Waals surface area contributed by atoms with E-state index in [1.807, 2.05) is 30.3 Å². The van der Waals surface area contributed by atoms with Crippen molar-refractivity contribution in [3.8, 4) is 0 Å². The lowest BCUT2D eigenvalue weighted by molar-refractivity contribution is -0.122. The highest BCUT2D eigenvalue weighted by molar-refractivity contribution is 7.90. The van der Waals surface area contributed by atoms with E-state index in [1.165, 1.54) is 17.4 Å². The highest BCUT2D eigenvalue weighted by atomic mass is 32.2.